The Morgan fingerprint density at radius 2 is 1.64 bits per heavy atom. The number of carbonyl (C=O) groups excluding carboxylic acids is 2. The molecule has 0 atom stereocenters. The molecule has 0 aromatic carbocycles. The van der Waals surface area contributed by atoms with E-state index in [9.17, 15) is 9.59 Å². The summed E-state index contributed by atoms with van der Waals surface area (Å²) in [5, 5.41) is 2.81. The van der Waals surface area contributed by atoms with Gasteiger partial charge in [-0.3, -0.25) is 4.98 Å². The van der Waals surface area contributed by atoms with Gasteiger partial charge in [0, 0.05) is 31.9 Å². The largest absolute Gasteiger partial charge is 0.444 e. The van der Waals surface area contributed by atoms with E-state index in [-0.39, 0.29) is 12.1 Å². The van der Waals surface area contributed by atoms with Crippen LogP contribution < -0.4 is 5.32 Å². The van der Waals surface area contributed by atoms with Gasteiger partial charge in [-0.2, -0.15) is 0 Å². The van der Waals surface area contributed by atoms with Gasteiger partial charge < -0.3 is 19.9 Å². The molecule has 7 nitrogen and oxygen atoms in total. The lowest BCUT2D eigenvalue weighted by atomic mass is 10.2. The standard InChI is InChI=1S/C16H24N4O3.C2H6/c1-12-5-6-13(11-17-12)18-14(21)19-7-9-20(10-8-19)15(22)23-16(2,3)4;1-2/h5-6,11H,7-10H2,1-4H3,(H,18,21);1-2H3. The number of aromatic nitrogens is 1. The predicted octanol–water partition coefficient (Wildman–Crippen LogP) is 3.50. The highest BCUT2D eigenvalue weighted by molar-refractivity contribution is 5.89. The normalized spacial score (nSPS) is 14.3. The van der Waals surface area contributed by atoms with Crippen molar-refractivity contribution in [2.75, 3.05) is 31.5 Å². The van der Waals surface area contributed by atoms with E-state index in [0.717, 1.165) is 5.69 Å². The van der Waals surface area contributed by atoms with E-state index in [1.807, 2.05) is 53.7 Å². The quantitative estimate of drug-likeness (QED) is 0.841. The van der Waals surface area contributed by atoms with E-state index >= 15 is 0 Å². The molecule has 1 aromatic rings. The number of aryl methyl sites for hydroxylation is 1. The summed E-state index contributed by atoms with van der Waals surface area (Å²) in [6.07, 6.45) is 1.30. The average Bonchev–Trinajstić information content (AvgIpc) is 2.57. The minimum Gasteiger partial charge on any atom is -0.444 e. The van der Waals surface area contributed by atoms with Gasteiger partial charge in [0.2, 0.25) is 0 Å². The zero-order valence-corrected chi connectivity index (χ0v) is 16.1. The van der Waals surface area contributed by atoms with Crippen molar-refractivity contribution in [3.63, 3.8) is 0 Å². The molecule has 0 unspecified atom stereocenters. The highest BCUT2D eigenvalue weighted by Crippen LogP contribution is 2.13. The van der Waals surface area contributed by atoms with Gasteiger partial charge in [0.1, 0.15) is 5.60 Å². The first-order valence-electron chi connectivity index (χ1n) is 8.71. The van der Waals surface area contributed by atoms with Crippen molar-refractivity contribution in [1.82, 2.24) is 14.8 Å². The third kappa shape index (κ3) is 6.99. The minimum atomic E-state index is -0.510. The number of urea groups is 1. The van der Waals surface area contributed by atoms with Crippen molar-refractivity contribution in [2.45, 2.75) is 47.1 Å². The molecule has 1 N–H and O–H groups in total. The molecule has 140 valence electrons. The van der Waals surface area contributed by atoms with E-state index in [0.29, 0.717) is 31.9 Å². The van der Waals surface area contributed by atoms with Crippen LogP contribution >= 0.6 is 0 Å². The zero-order valence-electron chi connectivity index (χ0n) is 16.1. The number of carbonyl (C=O) groups is 2. The van der Waals surface area contributed by atoms with Gasteiger partial charge in [-0.1, -0.05) is 13.8 Å². The van der Waals surface area contributed by atoms with Crippen molar-refractivity contribution in [2.24, 2.45) is 0 Å². The van der Waals surface area contributed by atoms with Gasteiger partial charge in [0.05, 0.1) is 11.9 Å². The van der Waals surface area contributed by atoms with Crippen molar-refractivity contribution < 1.29 is 14.3 Å². The molecular formula is C18H30N4O3. The molecule has 3 amide bonds. The zero-order chi connectivity index (χ0) is 19.0. The first-order valence-corrected chi connectivity index (χ1v) is 8.71. The molecule has 2 rings (SSSR count). The van der Waals surface area contributed by atoms with Crippen molar-refractivity contribution in [1.29, 1.82) is 0 Å². The van der Waals surface area contributed by atoms with Crippen LogP contribution in [-0.2, 0) is 4.74 Å². The molecule has 25 heavy (non-hydrogen) atoms. The molecule has 1 aliphatic heterocycles. The van der Waals surface area contributed by atoms with Crippen molar-refractivity contribution in [3.05, 3.63) is 24.0 Å². The average molecular weight is 350 g/mol. The van der Waals surface area contributed by atoms with Gasteiger partial charge in [0.25, 0.3) is 0 Å². The Balaban J connectivity index is 0.00000151. The Morgan fingerprint density at radius 1 is 1.08 bits per heavy atom. The van der Waals surface area contributed by atoms with Gasteiger partial charge in [-0.25, -0.2) is 9.59 Å². The number of nitrogens with one attached hydrogen (secondary N) is 1. The maximum Gasteiger partial charge on any atom is 0.410 e. The third-order valence-corrected chi connectivity index (χ3v) is 3.38. The first-order chi connectivity index (χ1) is 11.7. The molecule has 1 fully saturated rings. The number of hydrogen-bond acceptors (Lipinski definition) is 4. The molecule has 1 aliphatic rings. The highest BCUT2D eigenvalue weighted by atomic mass is 16.6. The fourth-order valence-electron chi connectivity index (χ4n) is 2.16. The van der Waals surface area contributed by atoms with Crippen molar-refractivity contribution in [3.8, 4) is 0 Å². The summed E-state index contributed by atoms with van der Waals surface area (Å²) >= 11 is 0. The Morgan fingerprint density at radius 3 is 2.12 bits per heavy atom. The number of anilines is 1. The summed E-state index contributed by atoms with van der Waals surface area (Å²) in [4.78, 5) is 31.7. The van der Waals surface area contributed by atoms with E-state index in [2.05, 4.69) is 10.3 Å². The second kappa shape index (κ2) is 9.25. The Hall–Kier alpha value is -2.31. The van der Waals surface area contributed by atoms with E-state index < -0.39 is 5.60 Å². The molecule has 1 saturated heterocycles. The maximum atomic E-state index is 12.2. The molecule has 2 heterocycles. The van der Waals surface area contributed by atoms with Crippen LogP contribution in [0, 0.1) is 6.92 Å². The summed E-state index contributed by atoms with van der Waals surface area (Å²) in [6, 6.07) is 3.48. The molecule has 0 bridgehead atoms. The summed E-state index contributed by atoms with van der Waals surface area (Å²) in [6.45, 7) is 13.3. The number of pyridine rings is 1. The number of piperazine rings is 1. The van der Waals surface area contributed by atoms with Crippen LogP contribution in [0.4, 0.5) is 15.3 Å². The number of rotatable bonds is 1. The summed E-state index contributed by atoms with van der Waals surface area (Å²) in [5.74, 6) is 0. The van der Waals surface area contributed by atoms with Crippen LogP contribution in [0.1, 0.15) is 40.3 Å². The summed E-state index contributed by atoms with van der Waals surface area (Å²) in [7, 11) is 0. The Kier molecular flexibility index (Phi) is 7.67. The van der Waals surface area contributed by atoms with Crippen LogP contribution in [0.2, 0.25) is 0 Å². The molecule has 0 radical (unpaired) electrons. The molecule has 0 saturated carbocycles. The van der Waals surface area contributed by atoms with Gasteiger partial charge >= 0.3 is 12.1 Å². The Bertz CT molecular complexity index is 559. The lowest BCUT2D eigenvalue weighted by molar-refractivity contribution is 0.0174. The van der Waals surface area contributed by atoms with Gasteiger partial charge in [-0.15, -0.1) is 0 Å². The van der Waals surface area contributed by atoms with Gasteiger partial charge in [-0.05, 0) is 39.8 Å². The topological polar surface area (TPSA) is 74.8 Å². The summed E-state index contributed by atoms with van der Waals surface area (Å²) < 4.78 is 5.34. The van der Waals surface area contributed by atoms with Crippen LogP contribution in [0.5, 0.6) is 0 Å². The van der Waals surface area contributed by atoms with Crippen LogP contribution in [-0.4, -0.2) is 58.7 Å². The lowest BCUT2D eigenvalue weighted by Crippen LogP contribution is -2.52. The second-order valence-corrected chi connectivity index (χ2v) is 6.57. The van der Waals surface area contributed by atoms with E-state index in [4.69, 9.17) is 4.74 Å². The van der Waals surface area contributed by atoms with Crippen LogP contribution in [0.25, 0.3) is 0 Å². The molecular weight excluding hydrogens is 320 g/mol. The minimum absolute atomic E-state index is 0.181. The monoisotopic (exact) mass is 350 g/mol. The number of ether oxygens (including phenoxy) is 1. The Labute approximate surface area is 150 Å². The number of amides is 3. The number of nitrogens with zero attached hydrogens (tertiary/aromatic N) is 3. The van der Waals surface area contributed by atoms with E-state index in [1.165, 1.54) is 0 Å². The fourth-order valence-corrected chi connectivity index (χ4v) is 2.16. The number of hydrogen-bond donors (Lipinski definition) is 1. The highest BCUT2D eigenvalue weighted by Gasteiger charge is 2.27. The van der Waals surface area contributed by atoms with Crippen LogP contribution in [0.3, 0.4) is 0 Å². The molecule has 0 spiro atoms. The van der Waals surface area contributed by atoms with Crippen molar-refractivity contribution >= 4 is 17.8 Å². The third-order valence-electron chi connectivity index (χ3n) is 3.38. The second-order valence-electron chi connectivity index (χ2n) is 6.57. The molecule has 1 aromatic heterocycles. The lowest BCUT2D eigenvalue weighted by Gasteiger charge is -2.35. The summed E-state index contributed by atoms with van der Waals surface area (Å²) in [5.41, 5.74) is 1.05. The maximum absolute atomic E-state index is 12.2. The molecule has 7 heteroatoms. The smallest absolute Gasteiger partial charge is 0.410 e. The van der Waals surface area contributed by atoms with Gasteiger partial charge in [0.15, 0.2) is 0 Å². The SMILES string of the molecule is CC.Cc1ccc(NC(=O)N2CCN(C(=O)OC(C)(C)C)CC2)cn1. The molecule has 0 aliphatic carbocycles. The van der Waals surface area contributed by atoms with Crippen LogP contribution in [0.15, 0.2) is 18.3 Å². The fraction of sp³-hybridized carbons (Fsp3) is 0.611. The predicted molar refractivity (Wildman–Crippen MR) is 98.7 cm³/mol. The van der Waals surface area contributed by atoms with E-state index in [1.54, 1.807) is 16.0 Å². The first kappa shape index (κ1) is 20.7.